The zero-order chi connectivity index (χ0) is 18.4. The Morgan fingerprint density at radius 1 is 1.24 bits per heavy atom. The summed E-state index contributed by atoms with van der Waals surface area (Å²) < 4.78 is 5.88. The van der Waals surface area contributed by atoms with E-state index in [0.29, 0.717) is 23.0 Å². The van der Waals surface area contributed by atoms with Crippen LogP contribution in [-0.2, 0) is 4.79 Å². The van der Waals surface area contributed by atoms with Gasteiger partial charge in [-0.15, -0.1) is 0 Å². The lowest BCUT2D eigenvalue weighted by molar-refractivity contribution is -0.132. The van der Waals surface area contributed by atoms with Crippen molar-refractivity contribution in [1.29, 1.82) is 0 Å². The summed E-state index contributed by atoms with van der Waals surface area (Å²) in [4.78, 5) is 29.0. The Hall–Kier alpha value is -2.04. The molecule has 2 amide bonds. The van der Waals surface area contributed by atoms with Gasteiger partial charge >= 0.3 is 0 Å². The number of amides is 2. The number of hydrogen-bond acceptors (Lipinski definition) is 3. The highest BCUT2D eigenvalue weighted by molar-refractivity contribution is 6.04. The number of fused-ring (bicyclic) bond motifs is 1. The zero-order valence-electron chi connectivity index (χ0n) is 15.9. The maximum Gasteiger partial charge on any atom is 0.270 e. The Bertz CT molecular complexity index is 705. The molecule has 1 aromatic rings. The highest BCUT2D eigenvalue weighted by Gasteiger charge is 2.40. The Morgan fingerprint density at radius 2 is 1.88 bits per heavy atom. The van der Waals surface area contributed by atoms with Crippen molar-refractivity contribution in [3.8, 4) is 5.75 Å². The SMILES string of the molecule is Cc1cc2c(cc1C(=O)N(C)C1CCCCC1)N(C)C(=O)C(C)(C)O2. The van der Waals surface area contributed by atoms with E-state index in [0.717, 1.165) is 18.4 Å². The van der Waals surface area contributed by atoms with Crippen molar-refractivity contribution in [3.05, 3.63) is 23.3 Å². The molecule has 25 heavy (non-hydrogen) atoms. The number of aryl methyl sites for hydroxylation is 1. The average Bonchev–Trinajstić information content (AvgIpc) is 2.59. The minimum absolute atomic E-state index is 0.0258. The second-order valence-corrected chi connectivity index (χ2v) is 7.82. The van der Waals surface area contributed by atoms with Gasteiger partial charge in [0.2, 0.25) is 0 Å². The molecule has 1 aliphatic heterocycles. The molecule has 1 aliphatic carbocycles. The van der Waals surface area contributed by atoms with Gasteiger partial charge in [-0.3, -0.25) is 9.59 Å². The third-order valence-electron chi connectivity index (χ3n) is 5.53. The van der Waals surface area contributed by atoms with Crippen molar-refractivity contribution in [2.24, 2.45) is 0 Å². The predicted octanol–water partition coefficient (Wildman–Crippen LogP) is 3.53. The molecule has 0 spiro atoms. The third kappa shape index (κ3) is 3.12. The van der Waals surface area contributed by atoms with E-state index in [4.69, 9.17) is 4.74 Å². The molecule has 5 heteroatoms. The van der Waals surface area contributed by atoms with Gasteiger partial charge in [-0.25, -0.2) is 0 Å². The molecule has 3 rings (SSSR count). The number of hydrogen-bond donors (Lipinski definition) is 0. The highest BCUT2D eigenvalue weighted by atomic mass is 16.5. The van der Waals surface area contributed by atoms with Gasteiger partial charge in [0, 0.05) is 25.7 Å². The fourth-order valence-corrected chi connectivity index (χ4v) is 3.90. The molecule has 0 aromatic heterocycles. The smallest absolute Gasteiger partial charge is 0.270 e. The van der Waals surface area contributed by atoms with E-state index in [2.05, 4.69) is 0 Å². The third-order valence-corrected chi connectivity index (χ3v) is 5.53. The van der Waals surface area contributed by atoms with Crippen LogP contribution in [0.2, 0.25) is 0 Å². The Labute approximate surface area is 149 Å². The van der Waals surface area contributed by atoms with Crippen LogP contribution in [0.1, 0.15) is 61.9 Å². The predicted molar refractivity (Wildman–Crippen MR) is 98.3 cm³/mol. The van der Waals surface area contributed by atoms with Crippen LogP contribution in [0.25, 0.3) is 0 Å². The number of ether oxygens (including phenoxy) is 1. The second kappa shape index (κ2) is 6.36. The molecule has 2 aliphatic rings. The largest absolute Gasteiger partial charge is 0.476 e. The van der Waals surface area contributed by atoms with E-state index in [1.165, 1.54) is 19.3 Å². The molecular weight excluding hydrogens is 316 g/mol. The summed E-state index contributed by atoms with van der Waals surface area (Å²) in [6.45, 7) is 5.45. The highest BCUT2D eigenvalue weighted by Crippen LogP contribution is 2.39. The van der Waals surface area contributed by atoms with Crippen LogP contribution in [0.3, 0.4) is 0 Å². The summed E-state index contributed by atoms with van der Waals surface area (Å²) in [6, 6.07) is 3.99. The molecule has 0 N–H and O–H groups in total. The number of benzene rings is 1. The molecule has 0 radical (unpaired) electrons. The number of carbonyl (C=O) groups is 2. The number of rotatable bonds is 2. The first kappa shape index (κ1) is 17.8. The molecule has 0 atom stereocenters. The van der Waals surface area contributed by atoms with Crippen LogP contribution >= 0.6 is 0 Å². The van der Waals surface area contributed by atoms with Crippen molar-refractivity contribution in [1.82, 2.24) is 4.90 Å². The maximum absolute atomic E-state index is 13.0. The fraction of sp³-hybridized carbons (Fsp3) is 0.600. The summed E-state index contributed by atoms with van der Waals surface area (Å²) in [5.74, 6) is 0.572. The summed E-state index contributed by atoms with van der Waals surface area (Å²) in [6.07, 6.45) is 5.78. The first-order valence-corrected chi connectivity index (χ1v) is 9.11. The second-order valence-electron chi connectivity index (χ2n) is 7.82. The lowest BCUT2D eigenvalue weighted by atomic mass is 9.93. The van der Waals surface area contributed by atoms with Crippen molar-refractivity contribution in [2.45, 2.75) is 64.5 Å². The number of likely N-dealkylation sites (N-methyl/N-ethyl adjacent to an activating group) is 1. The quantitative estimate of drug-likeness (QED) is 0.824. The molecule has 136 valence electrons. The van der Waals surface area contributed by atoms with E-state index < -0.39 is 5.60 Å². The van der Waals surface area contributed by atoms with E-state index >= 15 is 0 Å². The van der Waals surface area contributed by atoms with Crippen molar-refractivity contribution >= 4 is 17.5 Å². The van der Waals surface area contributed by atoms with E-state index in [1.54, 1.807) is 31.9 Å². The summed E-state index contributed by atoms with van der Waals surface area (Å²) in [5, 5.41) is 0. The van der Waals surface area contributed by atoms with E-state index in [1.807, 2.05) is 24.9 Å². The normalized spacial score (nSPS) is 20.0. The van der Waals surface area contributed by atoms with Crippen LogP contribution in [0, 0.1) is 6.92 Å². The molecule has 5 nitrogen and oxygen atoms in total. The van der Waals surface area contributed by atoms with Gasteiger partial charge in [-0.2, -0.15) is 0 Å². The molecule has 1 heterocycles. The number of carbonyl (C=O) groups excluding carboxylic acids is 2. The molecule has 1 saturated carbocycles. The lowest BCUT2D eigenvalue weighted by Crippen LogP contribution is -2.51. The summed E-state index contributed by atoms with van der Waals surface area (Å²) in [7, 11) is 3.63. The van der Waals surface area contributed by atoms with E-state index in [9.17, 15) is 9.59 Å². The minimum Gasteiger partial charge on any atom is -0.476 e. The maximum atomic E-state index is 13.0. The van der Waals surface area contributed by atoms with Gasteiger partial charge in [0.05, 0.1) is 5.69 Å². The average molecular weight is 344 g/mol. The van der Waals surface area contributed by atoms with E-state index in [-0.39, 0.29) is 11.8 Å². The van der Waals surface area contributed by atoms with Gasteiger partial charge in [0.15, 0.2) is 5.60 Å². The van der Waals surface area contributed by atoms with Gasteiger partial charge in [-0.05, 0) is 51.3 Å². The van der Waals surface area contributed by atoms with Gasteiger partial charge in [-0.1, -0.05) is 19.3 Å². The number of nitrogens with zero attached hydrogens (tertiary/aromatic N) is 2. The molecular formula is C20H28N2O3. The van der Waals surface area contributed by atoms with Crippen LogP contribution < -0.4 is 9.64 Å². The monoisotopic (exact) mass is 344 g/mol. The molecule has 0 unspecified atom stereocenters. The Kier molecular flexibility index (Phi) is 4.52. The van der Waals surface area contributed by atoms with Crippen LogP contribution in [0.15, 0.2) is 12.1 Å². The van der Waals surface area contributed by atoms with Crippen molar-refractivity contribution < 1.29 is 14.3 Å². The van der Waals surface area contributed by atoms with Crippen molar-refractivity contribution in [3.63, 3.8) is 0 Å². The Morgan fingerprint density at radius 3 is 2.52 bits per heavy atom. The summed E-state index contributed by atoms with van der Waals surface area (Å²) in [5.41, 5.74) is 1.30. The van der Waals surface area contributed by atoms with Crippen LogP contribution in [-0.4, -0.2) is 42.5 Å². The van der Waals surface area contributed by atoms with Gasteiger partial charge in [0.1, 0.15) is 5.75 Å². The van der Waals surface area contributed by atoms with Gasteiger partial charge < -0.3 is 14.5 Å². The number of anilines is 1. The van der Waals surface area contributed by atoms with Crippen LogP contribution in [0.5, 0.6) is 5.75 Å². The standard InChI is InChI=1S/C20H28N2O3/c1-13-11-17-16(22(5)19(24)20(2,3)25-17)12-15(13)18(23)21(4)14-9-7-6-8-10-14/h11-12,14H,6-10H2,1-5H3. The molecule has 0 bridgehead atoms. The zero-order valence-corrected chi connectivity index (χ0v) is 15.9. The van der Waals surface area contributed by atoms with Crippen molar-refractivity contribution in [2.75, 3.05) is 19.0 Å². The fourth-order valence-electron chi connectivity index (χ4n) is 3.90. The molecule has 0 saturated heterocycles. The van der Waals surface area contributed by atoms with Gasteiger partial charge in [0.25, 0.3) is 11.8 Å². The molecule has 1 aromatic carbocycles. The summed E-state index contributed by atoms with van der Waals surface area (Å²) >= 11 is 0. The first-order chi connectivity index (χ1) is 11.7. The first-order valence-electron chi connectivity index (χ1n) is 9.11. The minimum atomic E-state index is -0.890. The lowest BCUT2D eigenvalue weighted by Gasteiger charge is -2.37. The van der Waals surface area contributed by atoms with Crippen LogP contribution in [0.4, 0.5) is 5.69 Å². The Balaban J connectivity index is 1.93. The topological polar surface area (TPSA) is 49.9 Å². The molecule has 1 fully saturated rings.